The first-order chi connectivity index (χ1) is 11.3. The van der Waals surface area contributed by atoms with Crippen LogP contribution in [0.3, 0.4) is 0 Å². The number of nitrogens with zero attached hydrogens (tertiary/aromatic N) is 1. The van der Waals surface area contributed by atoms with E-state index in [1.54, 1.807) is 0 Å². The van der Waals surface area contributed by atoms with Gasteiger partial charge in [-0.25, -0.2) is 0 Å². The van der Waals surface area contributed by atoms with Crippen LogP contribution in [0.1, 0.15) is 38.7 Å². The van der Waals surface area contributed by atoms with Crippen molar-refractivity contribution in [1.29, 1.82) is 0 Å². The van der Waals surface area contributed by atoms with Crippen molar-refractivity contribution >= 4 is 0 Å². The zero-order chi connectivity index (χ0) is 16.3. The molecule has 0 aromatic heterocycles. The van der Waals surface area contributed by atoms with Crippen molar-refractivity contribution in [3.05, 3.63) is 23.8 Å². The summed E-state index contributed by atoms with van der Waals surface area (Å²) in [6.07, 6.45) is 4.46. The summed E-state index contributed by atoms with van der Waals surface area (Å²) in [7, 11) is 0. The molecule has 2 rings (SSSR count). The fraction of sp³-hybridized carbons (Fsp3) is 0.684. The highest BCUT2D eigenvalue weighted by Gasteiger charge is 2.10. The topological polar surface area (TPSA) is 30.9 Å². The lowest BCUT2D eigenvalue weighted by Gasteiger charge is -2.26. The van der Waals surface area contributed by atoms with Crippen molar-refractivity contribution in [2.24, 2.45) is 0 Å². The van der Waals surface area contributed by atoms with Gasteiger partial charge < -0.3 is 14.2 Å². The molecule has 4 heteroatoms. The molecule has 0 unspecified atom stereocenters. The SMILES string of the molecule is CCCCOc1ccc(CCCN2CCOCC2)cc1OCC. The highest BCUT2D eigenvalue weighted by molar-refractivity contribution is 5.43. The van der Waals surface area contributed by atoms with Crippen LogP contribution in [-0.2, 0) is 11.2 Å². The van der Waals surface area contributed by atoms with Gasteiger partial charge >= 0.3 is 0 Å². The maximum atomic E-state index is 5.84. The van der Waals surface area contributed by atoms with Crippen molar-refractivity contribution in [1.82, 2.24) is 4.90 Å². The van der Waals surface area contributed by atoms with Crippen LogP contribution in [0, 0.1) is 0 Å². The highest BCUT2D eigenvalue weighted by Crippen LogP contribution is 2.29. The smallest absolute Gasteiger partial charge is 0.161 e. The third-order valence-corrected chi connectivity index (χ3v) is 4.11. The van der Waals surface area contributed by atoms with Crippen molar-refractivity contribution < 1.29 is 14.2 Å². The fourth-order valence-electron chi connectivity index (χ4n) is 2.75. The van der Waals surface area contributed by atoms with Gasteiger partial charge in [-0.05, 0) is 50.4 Å². The van der Waals surface area contributed by atoms with Gasteiger partial charge in [0.25, 0.3) is 0 Å². The first kappa shape index (κ1) is 18.1. The molecular weight excluding hydrogens is 290 g/mol. The summed E-state index contributed by atoms with van der Waals surface area (Å²) in [5.74, 6) is 1.75. The summed E-state index contributed by atoms with van der Waals surface area (Å²) in [5.41, 5.74) is 1.32. The molecular formula is C19H31NO3. The van der Waals surface area contributed by atoms with E-state index in [-0.39, 0.29) is 0 Å². The Kier molecular flexibility index (Phi) is 8.26. The molecule has 0 atom stereocenters. The Bertz CT molecular complexity index is 444. The standard InChI is InChI=1S/C19H31NO3/c1-3-5-13-23-18-9-8-17(16-19(18)22-4-2)7-6-10-20-11-14-21-15-12-20/h8-9,16H,3-7,10-15H2,1-2H3. The first-order valence-electron chi connectivity index (χ1n) is 9.02. The van der Waals surface area contributed by atoms with Crippen LogP contribution in [0.4, 0.5) is 0 Å². The monoisotopic (exact) mass is 321 g/mol. The molecule has 1 heterocycles. The Labute approximate surface area is 140 Å². The molecule has 1 aromatic carbocycles. The van der Waals surface area contributed by atoms with E-state index in [0.29, 0.717) is 6.61 Å². The minimum Gasteiger partial charge on any atom is -0.490 e. The lowest BCUT2D eigenvalue weighted by molar-refractivity contribution is 0.0374. The van der Waals surface area contributed by atoms with E-state index in [2.05, 4.69) is 30.0 Å². The van der Waals surface area contributed by atoms with E-state index >= 15 is 0 Å². The predicted octanol–water partition coefficient (Wildman–Crippen LogP) is 3.53. The van der Waals surface area contributed by atoms with Crippen LogP contribution < -0.4 is 9.47 Å². The molecule has 130 valence electrons. The van der Waals surface area contributed by atoms with Gasteiger partial charge in [-0.1, -0.05) is 19.4 Å². The summed E-state index contributed by atoms with van der Waals surface area (Å²) in [6, 6.07) is 6.37. The number of hydrogen-bond acceptors (Lipinski definition) is 4. The van der Waals surface area contributed by atoms with Crippen LogP contribution in [0.2, 0.25) is 0 Å². The summed E-state index contributed by atoms with van der Waals surface area (Å²) < 4.78 is 17.0. The van der Waals surface area contributed by atoms with Crippen molar-refractivity contribution in [3.63, 3.8) is 0 Å². The average molecular weight is 321 g/mol. The van der Waals surface area contributed by atoms with Gasteiger partial charge in [0.2, 0.25) is 0 Å². The summed E-state index contributed by atoms with van der Waals surface area (Å²) in [5, 5.41) is 0. The van der Waals surface area contributed by atoms with Crippen LogP contribution in [-0.4, -0.2) is 51.0 Å². The van der Waals surface area contributed by atoms with Crippen LogP contribution in [0.25, 0.3) is 0 Å². The van der Waals surface area contributed by atoms with Gasteiger partial charge in [-0.2, -0.15) is 0 Å². The molecule has 1 aromatic rings. The third-order valence-electron chi connectivity index (χ3n) is 4.11. The Morgan fingerprint density at radius 3 is 2.61 bits per heavy atom. The number of rotatable bonds is 10. The van der Waals surface area contributed by atoms with Crippen LogP contribution in [0.5, 0.6) is 11.5 Å². The number of ether oxygens (including phenoxy) is 3. The largest absolute Gasteiger partial charge is 0.490 e. The average Bonchev–Trinajstić information content (AvgIpc) is 2.58. The van der Waals surface area contributed by atoms with Crippen molar-refractivity contribution in [2.75, 3.05) is 46.1 Å². The minimum atomic E-state index is 0.668. The summed E-state index contributed by atoms with van der Waals surface area (Å²) in [4.78, 5) is 2.48. The fourth-order valence-corrected chi connectivity index (χ4v) is 2.75. The molecule has 0 aliphatic carbocycles. The van der Waals surface area contributed by atoms with E-state index < -0.39 is 0 Å². The van der Waals surface area contributed by atoms with E-state index in [4.69, 9.17) is 14.2 Å². The second kappa shape index (κ2) is 10.5. The van der Waals surface area contributed by atoms with Gasteiger partial charge in [0, 0.05) is 13.1 Å². The molecule has 0 amide bonds. The van der Waals surface area contributed by atoms with E-state index in [1.807, 2.05) is 6.92 Å². The molecule has 0 N–H and O–H groups in total. The number of aryl methyl sites for hydroxylation is 1. The van der Waals surface area contributed by atoms with Gasteiger partial charge in [-0.15, -0.1) is 0 Å². The minimum absolute atomic E-state index is 0.668. The third kappa shape index (κ3) is 6.40. The molecule has 0 saturated carbocycles. The van der Waals surface area contributed by atoms with Gasteiger partial charge in [-0.3, -0.25) is 4.90 Å². The van der Waals surface area contributed by atoms with Gasteiger partial charge in [0.15, 0.2) is 11.5 Å². The predicted molar refractivity (Wildman–Crippen MR) is 93.6 cm³/mol. The maximum Gasteiger partial charge on any atom is 0.161 e. The molecule has 0 spiro atoms. The van der Waals surface area contributed by atoms with Gasteiger partial charge in [0.1, 0.15) is 0 Å². The Morgan fingerprint density at radius 2 is 1.87 bits per heavy atom. The van der Waals surface area contributed by atoms with Crippen molar-refractivity contribution in [2.45, 2.75) is 39.5 Å². The molecule has 0 radical (unpaired) electrons. The molecule has 1 aliphatic heterocycles. The van der Waals surface area contributed by atoms with Gasteiger partial charge in [0.05, 0.1) is 26.4 Å². The molecule has 1 fully saturated rings. The molecule has 4 nitrogen and oxygen atoms in total. The molecule has 23 heavy (non-hydrogen) atoms. The summed E-state index contributed by atoms with van der Waals surface area (Å²) >= 11 is 0. The lowest BCUT2D eigenvalue weighted by atomic mass is 10.1. The number of morpholine rings is 1. The van der Waals surface area contributed by atoms with E-state index in [9.17, 15) is 0 Å². The number of hydrogen-bond donors (Lipinski definition) is 0. The normalized spacial score (nSPS) is 15.6. The molecule has 0 bridgehead atoms. The Hall–Kier alpha value is -1.26. The number of benzene rings is 1. The van der Waals surface area contributed by atoms with E-state index in [1.165, 1.54) is 12.0 Å². The van der Waals surface area contributed by atoms with Crippen LogP contribution >= 0.6 is 0 Å². The van der Waals surface area contributed by atoms with E-state index in [0.717, 1.165) is 70.2 Å². The quantitative estimate of drug-likeness (QED) is 0.617. The zero-order valence-electron chi connectivity index (χ0n) is 14.7. The number of unbranched alkanes of at least 4 members (excludes halogenated alkanes) is 1. The Morgan fingerprint density at radius 1 is 1.04 bits per heavy atom. The lowest BCUT2D eigenvalue weighted by Crippen LogP contribution is -2.36. The van der Waals surface area contributed by atoms with Crippen molar-refractivity contribution in [3.8, 4) is 11.5 Å². The second-order valence-electron chi connectivity index (χ2n) is 5.97. The Balaban J connectivity index is 1.84. The first-order valence-corrected chi connectivity index (χ1v) is 9.02. The summed E-state index contributed by atoms with van der Waals surface area (Å²) in [6.45, 7) is 10.6. The highest BCUT2D eigenvalue weighted by atomic mass is 16.5. The zero-order valence-corrected chi connectivity index (χ0v) is 14.7. The second-order valence-corrected chi connectivity index (χ2v) is 5.97. The molecule has 1 aliphatic rings. The van der Waals surface area contributed by atoms with Crippen LogP contribution in [0.15, 0.2) is 18.2 Å². The molecule has 1 saturated heterocycles. The maximum absolute atomic E-state index is 5.84.